The third kappa shape index (κ3) is 3.63. The summed E-state index contributed by atoms with van der Waals surface area (Å²) in [4.78, 5) is 25.1. The molecule has 1 amide bonds. The highest BCUT2D eigenvalue weighted by Crippen LogP contribution is 2.21. The molecule has 110 valence electrons. The number of rotatable bonds is 5. The highest BCUT2D eigenvalue weighted by molar-refractivity contribution is 5.99. The molecule has 1 aromatic carbocycles. The average Bonchev–Trinajstić information content (AvgIpc) is 2.45. The smallest absolute Gasteiger partial charge is 0.310 e. The summed E-state index contributed by atoms with van der Waals surface area (Å²) in [6.07, 6.45) is 0. The van der Waals surface area contributed by atoms with Gasteiger partial charge < -0.3 is 20.1 Å². The van der Waals surface area contributed by atoms with Crippen molar-refractivity contribution in [1.29, 1.82) is 0 Å². The minimum absolute atomic E-state index is 0.252. The second-order valence-corrected chi connectivity index (χ2v) is 4.56. The summed E-state index contributed by atoms with van der Waals surface area (Å²) in [7, 11) is 4.45. The van der Waals surface area contributed by atoms with Crippen molar-refractivity contribution in [3.05, 3.63) is 23.8 Å². The number of methoxy groups -OCH3 is 2. The average molecular weight is 280 g/mol. The quantitative estimate of drug-likeness (QED) is 0.646. The van der Waals surface area contributed by atoms with Crippen LogP contribution in [0.5, 0.6) is 5.75 Å². The van der Waals surface area contributed by atoms with E-state index in [9.17, 15) is 9.59 Å². The first-order valence-corrected chi connectivity index (χ1v) is 6.17. The van der Waals surface area contributed by atoms with Crippen molar-refractivity contribution in [3.8, 4) is 5.75 Å². The van der Waals surface area contributed by atoms with E-state index < -0.39 is 5.92 Å². The first-order chi connectivity index (χ1) is 9.40. The molecule has 1 rings (SSSR count). The van der Waals surface area contributed by atoms with Crippen molar-refractivity contribution in [2.75, 3.05) is 33.5 Å². The van der Waals surface area contributed by atoms with Crippen molar-refractivity contribution < 1.29 is 19.1 Å². The van der Waals surface area contributed by atoms with Gasteiger partial charge in [0.2, 0.25) is 0 Å². The van der Waals surface area contributed by atoms with Gasteiger partial charge in [0.05, 0.1) is 25.7 Å². The summed E-state index contributed by atoms with van der Waals surface area (Å²) in [5, 5.41) is 0. The standard InChI is InChI=1S/C14H20N2O4/c1-9(14(18)20-4)8-16(2)13(17)11-7-10(19-3)5-6-12(11)15/h5-7,9H,8,15H2,1-4H3. The second-order valence-electron chi connectivity index (χ2n) is 4.56. The van der Waals surface area contributed by atoms with Gasteiger partial charge in [-0.05, 0) is 18.2 Å². The van der Waals surface area contributed by atoms with Gasteiger partial charge in [-0.1, -0.05) is 6.92 Å². The fourth-order valence-corrected chi connectivity index (χ4v) is 1.82. The number of anilines is 1. The minimum Gasteiger partial charge on any atom is -0.497 e. The SMILES string of the molecule is COC(=O)C(C)CN(C)C(=O)c1cc(OC)ccc1N. The van der Waals surface area contributed by atoms with Gasteiger partial charge in [-0.25, -0.2) is 0 Å². The van der Waals surface area contributed by atoms with E-state index in [2.05, 4.69) is 4.74 Å². The molecule has 0 fully saturated rings. The van der Waals surface area contributed by atoms with E-state index in [-0.39, 0.29) is 18.4 Å². The molecule has 0 aliphatic rings. The Hall–Kier alpha value is -2.24. The lowest BCUT2D eigenvalue weighted by molar-refractivity contribution is -0.145. The Labute approximate surface area is 118 Å². The lowest BCUT2D eigenvalue weighted by atomic mass is 10.1. The molecule has 0 saturated carbocycles. The van der Waals surface area contributed by atoms with Crippen LogP contribution >= 0.6 is 0 Å². The molecule has 0 spiro atoms. The number of hydrogen-bond acceptors (Lipinski definition) is 5. The van der Waals surface area contributed by atoms with E-state index in [1.165, 1.54) is 19.1 Å². The van der Waals surface area contributed by atoms with Crippen molar-refractivity contribution in [2.45, 2.75) is 6.92 Å². The summed E-state index contributed by atoms with van der Waals surface area (Å²) in [6, 6.07) is 4.88. The van der Waals surface area contributed by atoms with Gasteiger partial charge in [0.15, 0.2) is 0 Å². The number of esters is 1. The zero-order chi connectivity index (χ0) is 15.3. The third-order valence-electron chi connectivity index (χ3n) is 2.99. The molecular formula is C14H20N2O4. The Bertz CT molecular complexity index is 502. The van der Waals surface area contributed by atoms with Crippen LogP contribution in [0.25, 0.3) is 0 Å². The van der Waals surface area contributed by atoms with Crippen molar-refractivity contribution >= 4 is 17.6 Å². The van der Waals surface area contributed by atoms with Crippen LogP contribution in [0.3, 0.4) is 0 Å². The molecule has 0 aromatic heterocycles. The maximum atomic E-state index is 12.3. The van der Waals surface area contributed by atoms with Gasteiger partial charge in [-0.3, -0.25) is 9.59 Å². The molecule has 6 heteroatoms. The number of nitrogens with zero attached hydrogens (tertiary/aromatic N) is 1. The number of ether oxygens (including phenoxy) is 2. The largest absolute Gasteiger partial charge is 0.497 e. The van der Waals surface area contributed by atoms with Crippen LogP contribution in [0.1, 0.15) is 17.3 Å². The molecule has 0 aliphatic carbocycles. The molecule has 6 nitrogen and oxygen atoms in total. The number of hydrogen-bond donors (Lipinski definition) is 1. The van der Waals surface area contributed by atoms with Gasteiger partial charge in [-0.2, -0.15) is 0 Å². The second kappa shape index (κ2) is 6.79. The third-order valence-corrected chi connectivity index (χ3v) is 2.99. The predicted molar refractivity (Wildman–Crippen MR) is 75.5 cm³/mol. The Balaban J connectivity index is 2.86. The highest BCUT2D eigenvalue weighted by Gasteiger charge is 2.21. The number of carbonyl (C=O) groups is 2. The number of nitrogens with two attached hydrogens (primary N) is 1. The molecule has 0 saturated heterocycles. The molecule has 1 atom stereocenters. The highest BCUT2D eigenvalue weighted by atomic mass is 16.5. The zero-order valence-electron chi connectivity index (χ0n) is 12.2. The lowest BCUT2D eigenvalue weighted by Gasteiger charge is -2.21. The Morgan fingerprint density at radius 2 is 2.00 bits per heavy atom. The Morgan fingerprint density at radius 1 is 1.35 bits per heavy atom. The Kier molecular flexibility index (Phi) is 5.37. The van der Waals surface area contributed by atoms with Crippen LogP contribution < -0.4 is 10.5 Å². The predicted octanol–water partition coefficient (Wildman–Crippen LogP) is 1.16. The molecule has 0 bridgehead atoms. The van der Waals surface area contributed by atoms with E-state index in [1.54, 1.807) is 32.2 Å². The van der Waals surface area contributed by atoms with Gasteiger partial charge >= 0.3 is 5.97 Å². The maximum Gasteiger partial charge on any atom is 0.310 e. The van der Waals surface area contributed by atoms with Gasteiger partial charge in [-0.15, -0.1) is 0 Å². The monoisotopic (exact) mass is 280 g/mol. The van der Waals surface area contributed by atoms with E-state index in [1.807, 2.05) is 0 Å². The van der Waals surface area contributed by atoms with Gasteiger partial charge in [0.1, 0.15) is 5.75 Å². The van der Waals surface area contributed by atoms with E-state index in [0.29, 0.717) is 17.0 Å². The normalized spacial score (nSPS) is 11.6. The van der Waals surface area contributed by atoms with Gasteiger partial charge in [0, 0.05) is 19.3 Å². The van der Waals surface area contributed by atoms with Crippen LogP contribution in [0.4, 0.5) is 5.69 Å². The minimum atomic E-state index is -0.402. The molecule has 0 heterocycles. The van der Waals surface area contributed by atoms with Crippen molar-refractivity contribution in [3.63, 3.8) is 0 Å². The summed E-state index contributed by atoms with van der Waals surface area (Å²) in [6.45, 7) is 1.95. The summed E-state index contributed by atoms with van der Waals surface area (Å²) in [5.74, 6) is -0.474. The molecule has 1 unspecified atom stereocenters. The summed E-state index contributed by atoms with van der Waals surface area (Å²) >= 11 is 0. The van der Waals surface area contributed by atoms with E-state index in [0.717, 1.165) is 0 Å². The molecule has 0 radical (unpaired) electrons. The van der Waals surface area contributed by atoms with Crippen LogP contribution in [-0.4, -0.2) is 44.6 Å². The molecule has 2 N–H and O–H groups in total. The number of amides is 1. The summed E-state index contributed by atoms with van der Waals surface area (Å²) in [5.41, 5.74) is 6.52. The molecular weight excluding hydrogens is 260 g/mol. The van der Waals surface area contributed by atoms with Crippen LogP contribution in [0.2, 0.25) is 0 Å². The summed E-state index contributed by atoms with van der Waals surface area (Å²) < 4.78 is 9.71. The Morgan fingerprint density at radius 3 is 2.55 bits per heavy atom. The fourth-order valence-electron chi connectivity index (χ4n) is 1.82. The number of benzene rings is 1. The molecule has 0 aliphatic heterocycles. The van der Waals surface area contributed by atoms with Crippen molar-refractivity contribution in [2.24, 2.45) is 5.92 Å². The van der Waals surface area contributed by atoms with Crippen LogP contribution in [0.15, 0.2) is 18.2 Å². The van der Waals surface area contributed by atoms with Crippen LogP contribution in [0, 0.1) is 5.92 Å². The first-order valence-electron chi connectivity index (χ1n) is 6.17. The van der Waals surface area contributed by atoms with E-state index >= 15 is 0 Å². The van der Waals surface area contributed by atoms with Crippen molar-refractivity contribution in [1.82, 2.24) is 4.90 Å². The van der Waals surface area contributed by atoms with Crippen LogP contribution in [-0.2, 0) is 9.53 Å². The molecule has 20 heavy (non-hydrogen) atoms. The first kappa shape index (κ1) is 15.8. The van der Waals surface area contributed by atoms with Gasteiger partial charge in [0.25, 0.3) is 5.91 Å². The number of nitrogen functional groups attached to an aromatic ring is 1. The molecule has 1 aromatic rings. The fraction of sp³-hybridized carbons (Fsp3) is 0.429. The maximum absolute atomic E-state index is 12.3. The van der Waals surface area contributed by atoms with E-state index in [4.69, 9.17) is 10.5 Å². The zero-order valence-corrected chi connectivity index (χ0v) is 12.2. The lowest BCUT2D eigenvalue weighted by Crippen LogP contribution is -2.34. The number of carbonyl (C=O) groups excluding carboxylic acids is 2. The topological polar surface area (TPSA) is 81.9 Å².